The second-order valence-electron chi connectivity index (χ2n) is 4.88. The Labute approximate surface area is 131 Å². The van der Waals surface area contributed by atoms with E-state index < -0.39 is 6.10 Å². The van der Waals surface area contributed by atoms with Crippen LogP contribution in [0.15, 0.2) is 59.6 Å². The summed E-state index contributed by atoms with van der Waals surface area (Å²) in [4.78, 5) is 3.94. The topological polar surface area (TPSA) is 47.3 Å². The summed E-state index contributed by atoms with van der Waals surface area (Å²) in [6.07, 6.45) is 4.61. The van der Waals surface area contributed by atoms with Crippen LogP contribution in [0.25, 0.3) is 10.8 Å². The van der Waals surface area contributed by atoms with Gasteiger partial charge >= 0.3 is 0 Å². The fourth-order valence-corrected chi connectivity index (χ4v) is 2.55. The van der Waals surface area contributed by atoms with Gasteiger partial charge in [0.15, 0.2) is 0 Å². The summed E-state index contributed by atoms with van der Waals surface area (Å²) in [5.74, 6) is 0.759. The fraction of sp³-hybridized carbons (Fsp3) is 0.188. The lowest BCUT2D eigenvalue weighted by Gasteiger charge is -2.13. The van der Waals surface area contributed by atoms with E-state index in [4.69, 9.17) is 4.74 Å². The van der Waals surface area contributed by atoms with Gasteiger partial charge in [0.1, 0.15) is 18.5 Å². The molecule has 0 amide bonds. The lowest BCUT2D eigenvalue weighted by molar-refractivity contribution is 0.0925. The Hall–Kier alpha value is -1.85. The predicted octanol–water partition coefficient (Wildman–Crippen LogP) is 3.24. The number of aliphatic hydroxyl groups is 1. The summed E-state index contributed by atoms with van der Waals surface area (Å²) in [5, 5.41) is 12.2. The van der Waals surface area contributed by atoms with E-state index in [9.17, 15) is 5.11 Å². The molecule has 0 aliphatic heterocycles. The Bertz CT molecular complexity index is 728. The number of halogens is 1. The average molecular weight is 347 g/mol. The number of fused-ring (bicyclic) bond motifs is 1. The Balaban J connectivity index is 1.63. The molecular formula is C16H15BrN2O2. The second kappa shape index (κ2) is 6.28. The van der Waals surface area contributed by atoms with Crippen LogP contribution in [0.1, 0.15) is 0 Å². The van der Waals surface area contributed by atoms with Crippen LogP contribution in [0.3, 0.4) is 0 Å². The Morgan fingerprint density at radius 2 is 2.00 bits per heavy atom. The SMILES string of the molecule is O[C@H](COc1ccc2cc(Br)ccc2c1)Cn1ccnc1. The van der Waals surface area contributed by atoms with Crippen LogP contribution in [0.2, 0.25) is 0 Å². The standard InChI is InChI=1S/C16H15BrN2O2/c17-14-3-1-13-8-16(4-2-12(13)7-14)21-10-15(20)9-19-6-5-18-11-19/h1-8,11,15,20H,9-10H2/t15-/m0/s1. The summed E-state index contributed by atoms with van der Waals surface area (Å²) in [5.41, 5.74) is 0. The van der Waals surface area contributed by atoms with Crippen molar-refractivity contribution in [3.05, 3.63) is 59.6 Å². The first kappa shape index (κ1) is 14.1. The highest BCUT2D eigenvalue weighted by Gasteiger charge is 2.06. The fourth-order valence-electron chi connectivity index (χ4n) is 2.17. The van der Waals surface area contributed by atoms with E-state index in [0.717, 1.165) is 21.0 Å². The molecule has 1 aromatic heterocycles. The highest BCUT2D eigenvalue weighted by Crippen LogP contribution is 2.24. The van der Waals surface area contributed by atoms with E-state index in [1.54, 1.807) is 12.5 Å². The molecule has 3 rings (SSSR count). The predicted molar refractivity (Wildman–Crippen MR) is 85.4 cm³/mol. The smallest absolute Gasteiger partial charge is 0.120 e. The number of hydrogen-bond acceptors (Lipinski definition) is 3. The Morgan fingerprint density at radius 1 is 1.19 bits per heavy atom. The molecule has 0 aliphatic rings. The van der Waals surface area contributed by atoms with Gasteiger partial charge in [0.05, 0.1) is 12.9 Å². The van der Waals surface area contributed by atoms with Crippen LogP contribution in [0.5, 0.6) is 5.75 Å². The first-order valence-corrected chi connectivity index (χ1v) is 7.46. The average Bonchev–Trinajstić information content (AvgIpc) is 2.98. The van der Waals surface area contributed by atoms with E-state index in [1.807, 2.05) is 41.1 Å². The third-order valence-corrected chi connectivity index (χ3v) is 3.69. The lowest BCUT2D eigenvalue weighted by Crippen LogP contribution is -2.22. The first-order valence-electron chi connectivity index (χ1n) is 6.66. The minimum absolute atomic E-state index is 0.250. The zero-order valence-electron chi connectivity index (χ0n) is 11.3. The van der Waals surface area contributed by atoms with Gasteiger partial charge in [0, 0.05) is 16.9 Å². The monoisotopic (exact) mass is 346 g/mol. The molecule has 5 heteroatoms. The molecule has 0 spiro atoms. The van der Waals surface area contributed by atoms with Crippen molar-refractivity contribution in [1.82, 2.24) is 9.55 Å². The molecule has 0 saturated carbocycles. The molecule has 1 heterocycles. The van der Waals surface area contributed by atoms with Gasteiger partial charge in [-0.25, -0.2) is 4.98 Å². The molecule has 108 valence electrons. The summed E-state index contributed by atoms with van der Waals surface area (Å²) < 4.78 is 8.54. The first-order chi connectivity index (χ1) is 10.2. The van der Waals surface area contributed by atoms with Gasteiger partial charge in [-0.15, -0.1) is 0 Å². The van der Waals surface area contributed by atoms with Gasteiger partial charge in [-0.05, 0) is 35.0 Å². The number of hydrogen-bond donors (Lipinski definition) is 1. The van der Waals surface area contributed by atoms with Crippen LogP contribution >= 0.6 is 15.9 Å². The minimum Gasteiger partial charge on any atom is -0.491 e. The Kier molecular flexibility index (Phi) is 4.22. The van der Waals surface area contributed by atoms with Crippen molar-refractivity contribution in [3.63, 3.8) is 0 Å². The lowest BCUT2D eigenvalue weighted by atomic mass is 10.1. The van der Waals surface area contributed by atoms with E-state index in [1.165, 1.54) is 0 Å². The summed E-state index contributed by atoms with van der Waals surface area (Å²) in [6.45, 7) is 0.723. The largest absolute Gasteiger partial charge is 0.491 e. The van der Waals surface area contributed by atoms with E-state index in [-0.39, 0.29) is 6.61 Å². The van der Waals surface area contributed by atoms with Gasteiger partial charge in [-0.2, -0.15) is 0 Å². The van der Waals surface area contributed by atoms with Crippen LogP contribution in [0, 0.1) is 0 Å². The highest BCUT2D eigenvalue weighted by atomic mass is 79.9. The number of aliphatic hydroxyl groups excluding tert-OH is 1. The molecule has 2 aromatic carbocycles. The molecule has 21 heavy (non-hydrogen) atoms. The highest BCUT2D eigenvalue weighted by molar-refractivity contribution is 9.10. The van der Waals surface area contributed by atoms with Gasteiger partial charge in [-0.3, -0.25) is 0 Å². The molecule has 0 fully saturated rings. The quantitative estimate of drug-likeness (QED) is 0.771. The molecule has 1 N–H and O–H groups in total. The second-order valence-corrected chi connectivity index (χ2v) is 5.79. The zero-order valence-corrected chi connectivity index (χ0v) is 12.9. The zero-order chi connectivity index (χ0) is 14.7. The number of benzene rings is 2. The van der Waals surface area contributed by atoms with Crippen molar-refractivity contribution >= 4 is 26.7 Å². The number of nitrogens with zero attached hydrogens (tertiary/aromatic N) is 2. The maximum atomic E-state index is 9.95. The minimum atomic E-state index is -0.570. The maximum absolute atomic E-state index is 9.95. The number of imidazole rings is 1. The molecule has 0 unspecified atom stereocenters. The molecule has 1 atom stereocenters. The summed E-state index contributed by atoms with van der Waals surface area (Å²) in [6, 6.07) is 12.0. The summed E-state index contributed by atoms with van der Waals surface area (Å²) in [7, 11) is 0. The van der Waals surface area contributed by atoms with E-state index in [2.05, 4.69) is 27.0 Å². The molecule has 0 bridgehead atoms. The number of aromatic nitrogens is 2. The van der Waals surface area contributed by atoms with Crippen LogP contribution < -0.4 is 4.74 Å². The van der Waals surface area contributed by atoms with Crippen molar-refractivity contribution in [2.45, 2.75) is 12.6 Å². The van der Waals surface area contributed by atoms with Crippen LogP contribution in [-0.2, 0) is 6.54 Å². The van der Waals surface area contributed by atoms with Crippen LogP contribution in [-0.4, -0.2) is 27.4 Å². The molecule has 0 saturated heterocycles. The van der Waals surface area contributed by atoms with Crippen molar-refractivity contribution in [2.24, 2.45) is 0 Å². The van der Waals surface area contributed by atoms with Gasteiger partial charge in [0.2, 0.25) is 0 Å². The van der Waals surface area contributed by atoms with Gasteiger partial charge in [0.25, 0.3) is 0 Å². The van der Waals surface area contributed by atoms with E-state index >= 15 is 0 Å². The van der Waals surface area contributed by atoms with Crippen molar-refractivity contribution < 1.29 is 9.84 Å². The number of rotatable bonds is 5. The molecule has 4 nitrogen and oxygen atoms in total. The number of ether oxygens (including phenoxy) is 1. The third-order valence-electron chi connectivity index (χ3n) is 3.20. The van der Waals surface area contributed by atoms with Crippen molar-refractivity contribution in [1.29, 1.82) is 0 Å². The van der Waals surface area contributed by atoms with Crippen LogP contribution in [0.4, 0.5) is 0 Å². The molecule has 0 aliphatic carbocycles. The third kappa shape index (κ3) is 3.62. The normalized spacial score (nSPS) is 12.5. The molecular weight excluding hydrogens is 332 g/mol. The van der Waals surface area contributed by atoms with Gasteiger partial charge in [-0.1, -0.05) is 28.1 Å². The van der Waals surface area contributed by atoms with Crippen molar-refractivity contribution in [2.75, 3.05) is 6.61 Å². The van der Waals surface area contributed by atoms with E-state index in [0.29, 0.717) is 6.54 Å². The van der Waals surface area contributed by atoms with Crippen molar-refractivity contribution in [3.8, 4) is 5.75 Å². The maximum Gasteiger partial charge on any atom is 0.120 e. The Morgan fingerprint density at radius 3 is 2.81 bits per heavy atom. The summed E-state index contributed by atoms with van der Waals surface area (Å²) >= 11 is 3.46. The van der Waals surface area contributed by atoms with Gasteiger partial charge < -0.3 is 14.4 Å². The molecule has 3 aromatic rings. The molecule has 0 radical (unpaired) electrons.